The number of likely N-dealkylation sites (N-methyl/N-ethyl adjacent to an activating group) is 2. The fraction of sp³-hybridized carbons (Fsp3) is 0.818. The summed E-state index contributed by atoms with van der Waals surface area (Å²) in [4.78, 5) is 24.0. The summed E-state index contributed by atoms with van der Waals surface area (Å²) in [6.07, 6.45) is 2.35. The molecule has 5 heteroatoms. The van der Waals surface area contributed by atoms with Crippen molar-refractivity contribution in [1.82, 2.24) is 10.6 Å². The maximum Gasteiger partial charge on any atom is 0.309 e. The quantitative estimate of drug-likeness (QED) is 0.503. The van der Waals surface area contributed by atoms with Crippen molar-refractivity contribution in [2.24, 2.45) is 0 Å². The summed E-state index contributed by atoms with van der Waals surface area (Å²) in [5.41, 5.74) is 0. The van der Waals surface area contributed by atoms with Gasteiger partial charge in [0.25, 0.3) is 0 Å². The van der Waals surface area contributed by atoms with Crippen LogP contribution in [0.2, 0.25) is 0 Å². The van der Waals surface area contributed by atoms with Crippen LogP contribution in [0, 0.1) is 0 Å². The van der Waals surface area contributed by atoms with E-state index in [9.17, 15) is 9.59 Å². The molecular weight excluding hydrogens is 206 g/mol. The normalized spacial score (nSPS) is 24.1. The van der Waals surface area contributed by atoms with Gasteiger partial charge in [0, 0.05) is 19.4 Å². The monoisotopic (exact) mass is 228 g/mol. The topological polar surface area (TPSA) is 62.6 Å². The molecule has 0 saturated carbocycles. The van der Waals surface area contributed by atoms with Gasteiger partial charge in [-0.05, 0) is 13.8 Å². The molecule has 0 spiro atoms. The van der Waals surface area contributed by atoms with Gasteiger partial charge in [-0.25, -0.2) is 0 Å². The lowest BCUT2D eigenvalue weighted by atomic mass is 10.2. The fourth-order valence-electron chi connectivity index (χ4n) is 2.23. The van der Waals surface area contributed by atoms with Crippen LogP contribution in [0.15, 0.2) is 0 Å². The van der Waals surface area contributed by atoms with Crippen LogP contribution in [0.25, 0.3) is 0 Å². The second-order valence-corrected chi connectivity index (χ2v) is 4.17. The molecule has 0 aromatic heterocycles. The Morgan fingerprint density at radius 3 is 2.56 bits per heavy atom. The van der Waals surface area contributed by atoms with Crippen LogP contribution < -0.4 is 15.5 Å². The lowest BCUT2D eigenvalue weighted by Crippen LogP contribution is -3.14. The molecule has 1 aliphatic heterocycles. The van der Waals surface area contributed by atoms with Gasteiger partial charge >= 0.3 is 11.8 Å². The fourth-order valence-corrected chi connectivity index (χ4v) is 2.23. The molecule has 0 radical (unpaired) electrons. The second-order valence-electron chi connectivity index (χ2n) is 4.17. The van der Waals surface area contributed by atoms with Crippen molar-refractivity contribution in [2.45, 2.75) is 32.7 Å². The molecule has 3 N–H and O–H groups in total. The Balaban J connectivity index is 2.28. The molecule has 1 saturated heterocycles. The van der Waals surface area contributed by atoms with E-state index in [0.717, 1.165) is 13.0 Å². The van der Waals surface area contributed by atoms with Gasteiger partial charge in [0.05, 0.1) is 19.6 Å². The third-order valence-corrected chi connectivity index (χ3v) is 3.13. The summed E-state index contributed by atoms with van der Waals surface area (Å²) < 4.78 is 0. The van der Waals surface area contributed by atoms with Crippen molar-refractivity contribution < 1.29 is 14.5 Å². The highest BCUT2D eigenvalue weighted by molar-refractivity contribution is 6.35. The number of rotatable bonds is 4. The Bertz CT molecular complexity index is 256. The molecule has 1 heterocycles. The SMILES string of the molecule is CCNC(=O)C(=O)NC[C@@H]1CCC[NH+]1CC. The summed E-state index contributed by atoms with van der Waals surface area (Å²) in [5, 5.41) is 5.19. The number of hydrogen-bond acceptors (Lipinski definition) is 2. The van der Waals surface area contributed by atoms with Crippen LogP contribution in [0.1, 0.15) is 26.7 Å². The first-order valence-electron chi connectivity index (χ1n) is 6.09. The molecule has 5 nitrogen and oxygen atoms in total. The predicted molar refractivity (Wildman–Crippen MR) is 61.1 cm³/mol. The zero-order chi connectivity index (χ0) is 12.0. The standard InChI is InChI=1S/C11H21N3O2/c1-3-12-10(15)11(16)13-8-9-6-5-7-14(9)4-2/h9H,3-8H2,1-2H3,(H,12,15)(H,13,16)/p+1/t9-/m0/s1. The van der Waals surface area contributed by atoms with Crippen molar-refractivity contribution >= 4 is 11.8 Å². The lowest BCUT2D eigenvalue weighted by Gasteiger charge is -2.19. The number of carbonyl (C=O) groups is 2. The van der Waals surface area contributed by atoms with Gasteiger partial charge in [-0.3, -0.25) is 9.59 Å². The van der Waals surface area contributed by atoms with Crippen molar-refractivity contribution in [3.8, 4) is 0 Å². The lowest BCUT2D eigenvalue weighted by molar-refractivity contribution is -0.909. The number of likely N-dealkylation sites (tertiary alicyclic amines) is 1. The minimum absolute atomic E-state index is 0.475. The zero-order valence-corrected chi connectivity index (χ0v) is 10.1. The first-order valence-corrected chi connectivity index (χ1v) is 6.09. The van der Waals surface area contributed by atoms with E-state index in [1.54, 1.807) is 6.92 Å². The van der Waals surface area contributed by atoms with Crippen LogP contribution in [0.4, 0.5) is 0 Å². The van der Waals surface area contributed by atoms with E-state index in [1.165, 1.54) is 17.9 Å². The summed E-state index contributed by atoms with van der Waals surface area (Å²) in [6, 6.07) is 0.475. The van der Waals surface area contributed by atoms with Gasteiger partial charge in [0.15, 0.2) is 0 Å². The summed E-state index contributed by atoms with van der Waals surface area (Å²) in [5.74, 6) is -1.04. The van der Waals surface area contributed by atoms with Crippen LogP contribution in [-0.2, 0) is 9.59 Å². The van der Waals surface area contributed by atoms with E-state index in [0.29, 0.717) is 19.1 Å². The van der Waals surface area contributed by atoms with Crippen molar-refractivity contribution in [2.75, 3.05) is 26.2 Å². The molecule has 16 heavy (non-hydrogen) atoms. The van der Waals surface area contributed by atoms with E-state index in [1.807, 2.05) is 0 Å². The molecule has 1 unspecified atom stereocenters. The van der Waals surface area contributed by atoms with Gasteiger partial charge < -0.3 is 15.5 Å². The minimum atomic E-state index is -0.529. The number of carbonyl (C=O) groups excluding carboxylic acids is 2. The van der Waals surface area contributed by atoms with Gasteiger partial charge in [-0.15, -0.1) is 0 Å². The number of nitrogens with one attached hydrogen (secondary N) is 3. The molecule has 0 bridgehead atoms. The van der Waals surface area contributed by atoms with Crippen molar-refractivity contribution in [3.63, 3.8) is 0 Å². The molecule has 2 atom stereocenters. The van der Waals surface area contributed by atoms with Gasteiger partial charge in [0.2, 0.25) is 0 Å². The van der Waals surface area contributed by atoms with Gasteiger partial charge in [0.1, 0.15) is 6.04 Å². The third kappa shape index (κ3) is 3.48. The second kappa shape index (κ2) is 6.48. The van der Waals surface area contributed by atoms with E-state index in [2.05, 4.69) is 17.6 Å². The highest BCUT2D eigenvalue weighted by Gasteiger charge is 2.27. The van der Waals surface area contributed by atoms with Crippen LogP contribution in [-0.4, -0.2) is 44.0 Å². The average Bonchev–Trinajstić information content (AvgIpc) is 2.73. The molecule has 0 aromatic carbocycles. The zero-order valence-electron chi connectivity index (χ0n) is 10.1. The van der Waals surface area contributed by atoms with E-state index < -0.39 is 11.8 Å². The van der Waals surface area contributed by atoms with Crippen molar-refractivity contribution in [3.05, 3.63) is 0 Å². The number of amides is 2. The van der Waals surface area contributed by atoms with E-state index >= 15 is 0 Å². The molecule has 92 valence electrons. The number of hydrogen-bond donors (Lipinski definition) is 3. The Morgan fingerprint density at radius 2 is 1.94 bits per heavy atom. The molecule has 1 rings (SSSR count). The van der Waals surface area contributed by atoms with Crippen molar-refractivity contribution in [1.29, 1.82) is 0 Å². The van der Waals surface area contributed by atoms with E-state index in [4.69, 9.17) is 0 Å². The Morgan fingerprint density at radius 1 is 1.25 bits per heavy atom. The number of quaternary nitrogens is 1. The average molecular weight is 228 g/mol. The maximum atomic E-state index is 11.4. The molecular formula is C11H22N3O2+. The Hall–Kier alpha value is -1.10. The molecule has 0 aromatic rings. The highest BCUT2D eigenvalue weighted by atomic mass is 16.2. The van der Waals surface area contributed by atoms with Gasteiger partial charge in [-0.1, -0.05) is 0 Å². The summed E-state index contributed by atoms with van der Waals surface area (Å²) in [7, 11) is 0. The molecule has 2 amide bonds. The Labute approximate surface area is 96.6 Å². The summed E-state index contributed by atoms with van der Waals surface area (Å²) in [6.45, 7) is 7.31. The van der Waals surface area contributed by atoms with Crippen LogP contribution >= 0.6 is 0 Å². The van der Waals surface area contributed by atoms with Crippen LogP contribution in [0.5, 0.6) is 0 Å². The van der Waals surface area contributed by atoms with Crippen LogP contribution in [0.3, 0.4) is 0 Å². The summed E-state index contributed by atoms with van der Waals surface area (Å²) >= 11 is 0. The molecule has 0 aliphatic carbocycles. The third-order valence-electron chi connectivity index (χ3n) is 3.13. The van der Waals surface area contributed by atoms with E-state index in [-0.39, 0.29) is 0 Å². The smallest absolute Gasteiger partial charge is 0.309 e. The first kappa shape index (κ1) is 13.0. The molecule has 1 aliphatic rings. The minimum Gasteiger partial charge on any atom is -0.348 e. The predicted octanol–water partition coefficient (Wildman–Crippen LogP) is -1.69. The molecule has 1 fully saturated rings. The first-order chi connectivity index (χ1) is 7.69. The highest BCUT2D eigenvalue weighted by Crippen LogP contribution is 1.98. The largest absolute Gasteiger partial charge is 0.348 e. The maximum absolute atomic E-state index is 11.4. The van der Waals surface area contributed by atoms with Gasteiger partial charge in [-0.2, -0.15) is 0 Å². The Kier molecular flexibility index (Phi) is 5.25.